The van der Waals surface area contributed by atoms with Crippen LogP contribution >= 0.6 is 0 Å². The second-order valence-corrected chi connectivity index (χ2v) is 3.87. The number of aliphatic carboxylic acids is 1. The second kappa shape index (κ2) is 4.78. The molecule has 0 bridgehead atoms. The van der Waals surface area contributed by atoms with E-state index in [9.17, 15) is 9.59 Å². The van der Waals surface area contributed by atoms with Crippen molar-refractivity contribution in [1.29, 1.82) is 0 Å². The summed E-state index contributed by atoms with van der Waals surface area (Å²) in [6.45, 7) is 1.62. The monoisotopic (exact) mass is 225 g/mol. The lowest BCUT2D eigenvalue weighted by Crippen LogP contribution is -2.28. The van der Waals surface area contributed by atoms with Crippen molar-refractivity contribution in [3.8, 4) is 0 Å². The number of rotatable bonds is 4. The average Bonchev–Trinajstić information content (AvgIpc) is 2.20. The van der Waals surface area contributed by atoms with Gasteiger partial charge in [-0.05, 0) is 0 Å². The maximum Gasteiger partial charge on any atom is 0.308 e. The molecular weight excluding hydrogens is 210 g/mol. The van der Waals surface area contributed by atoms with Crippen molar-refractivity contribution in [3.63, 3.8) is 0 Å². The van der Waals surface area contributed by atoms with Crippen LogP contribution in [-0.2, 0) is 11.3 Å². The highest BCUT2D eigenvalue weighted by molar-refractivity contribution is 5.69. The van der Waals surface area contributed by atoms with Crippen LogP contribution in [0, 0.1) is 5.92 Å². The molecule has 0 aliphatic heterocycles. The lowest BCUT2D eigenvalue weighted by Gasteiger charge is -2.13. The van der Waals surface area contributed by atoms with Gasteiger partial charge in [0.25, 0.3) is 5.56 Å². The fourth-order valence-corrected chi connectivity index (χ4v) is 1.14. The van der Waals surface area contributed by atoms with Gasteiger partial charge in [-0.3, -0.25) is 9.59 Å². The summed E-state index contributed by atoms with van der Waals surface area (Å²) < 4.78 is 1.16. The maximum absolute atomic E-state index is 11.6. The molecule has 0 aromatic carbocycles. The van der Waals surface area contributed by atoms with Crippen LogP contribution in [0.4, 0.5) is 5.69 Å². The molecule has 0 radical (unpaired) electrons. The van der Waals surface area contributed by atoms with Gasteiger partial charge in [0, 0.05) is 20.2 Å². The third-order valence-electron chi connectivity index (χ3n) is 2.24. The topological polar surface area (TPSA) is 75.4 Å². The van der Waals surface area contributed by atoms with Crippen molar-refractivity contribution in [2.45, 2.75) is 13.5 Å². The number of hydrogen-bond donors (Lipinski definition) is 1. The van der Waals surface area contributed by atoms with Crippen molar-refractivity contribution in [2.75, 3.05) is 19.0 Å². The zero-order valence-corrected chi connectivity index (χ0v) is 9.54. The average molecular weight is 225 g/mol. The molecule has 0 saturated heterocycles. The first-order chi connectivity index (χ1) is 7.41. The summed E-state index contributed by atoms with van der Waals surface area (Å²) in [5.74, 6) is -1.57. The minimum absolute atomic E-state index is 0.0852. The Morgan fingerprint density at radius 3 is 2.69 bits per heavy atom. The van der Waals surface area contributed by atoms with E-state index in [2.05, 4.69) is 5.10 Å². The van der Waals surface area contributed by atoms with E-state index in [0.29, 0.717) is 5.69 Å². The fraction of sp³-hybridized carbons (Fsp3) is 0.500. The highest BCUT2D eigenvalue weighted by Crippen LogP contribution is 2.04. The van der Waals surface area contributed by atoms with Crippen LogP contribution in [0.15, 0.2) is 17.1 Å². The van der Waals surface area contributed by atoms with Gasteiger partial charge in [0.2, 0.25) is 0 Å². The first-order valence-corrected chi connectivity index (χ1v) is 4.89. The van der Waals surface area contributed by atoms with Crippen LogP contribution < -0.4 is 10.5 Å². The van der Waals surface area contributed by atoms with Gasteiger partial charge in [-0.2, -0.15) is 5.10 Å². The maximum atomic E-state index is 11.6. The first-order valence-electron chi connectivity index (χ1n) is 4.89. The smallest absolute Gasteiger partial charge is 0.308 e. The molecule has 0 spiro atoms. The molecule has 88 valence electrons. The van der Waals surface area contributed by atoms with Crippen LogP contribution in [0.1, 0.15) is 6.92 Å². The Kier molecular flexibility index (Phi) is 3.65. The van der Waals surface area contributed by atoms with E-state index in [1.165, 1.54) is 19.2 Å². The van der Waals surface area contributed by atoms with Gasteiger partial charge in [0.05, 0.1) is 24.3 Å². The molecule has 0 saturated carbocycles. The largest absolute Gasteiger partial charge is 0.481 e. The zero-order valence-electron chi connectivity index (χ0n) is 9.54. The Morgan fingerprint density at radius 1 is 1.62 bits per heavy atom. The van der Waals surface area contributed by atoms with Crippen LogP contribution in [0.5, 0.6) is 0 Å². The summed E-state index contributed by atoms with van der Waals surface area (Å²) in [5, 5.41) is 12.6. The number of carboxylic acids is 1. The molecule has 1 heterocycles. The number of carboxylic acid groups (broad SMARTS) is 1. The molecule has 6 heteroatoms. The number of nitrogens with zero attached hydrogens (tertiary/aromatic N) is 3. The van der Waals surface area contributed by atoms with Gasteiger partial charge >= 0.3 is 5.97 Å². The SMILES string of the molecule is CC(Cn1ncc(N(C)C)cc1=O)C(=O)O. The van der Waals surface area contributed by atoms with Crippen LogP contribution in [0.3, 0.4) is 0 Å². The highest BCUT2D eigenvalue weighted by Gasteiger charge is 2.13. The van der Waals surface area contributed by atoms with Crippen LogP contribution in [-0.4, -0.2) is 35.0 Å². The molecule has 1 N–H and O–H groups in total. The van der Waals surface area contributed by atoms with Gasteiger partial charge in [-0.1, -0.05) is 6.92 Å². The molecule has 16 heavy (non-hydrogen) atoms. The van der Waals surface area contributed by atoms with Gasteiger partial charge in [0.15, 0.2) is 0 Å². The molecule has 1 aromatic heterocycles. The minimum atomic E-state index is -0.939. The quantitative estimate of drug-likeness (QED) is 0.782. The number of carbonyl (C=O) groups is 1. The van der Waals surface area contributed by atoms with Crippen molar-refractivity contribution in [1.82, 2.24) is 9.78 Å². The molecule has 1 atom stereocenters. The number of hydrogen-bond acceptors (Lipinski definition) is 4. The third kappa shape index (κ3) is 2.82. The summed E-state index contributed by atoms with van der Waals surface area (Å²) >= 11 is 0. The second-order valence-electron chi connectivity index (χ2n) is 3.87. The van der Waals surface area contributed by atoms with E-state index in [1.54, 1.807) is 19.0 Å². The molecule has 1 aromatic rings. The predicted molar refractivity (Wildman–Crippen MR) is 59.6 cm³/mol. The summed E-state index contributed by atoms with van der Waals surface area (Å²) in [5.41, 5.74) is 0.406. The molecule has 1 unspecified atom stereocenters. The molecule has 0 aliphatic carbocycles. The Morgan fingerprint density at radius 2 is 2.25 bits per heavy atom. The third-order valence-corrected chi connectivity index (χ3v) is 2.24. The van der Waals surface area contributed by atoms with E-state index in [4.69, 9.17) is 5.11 Å². The van der Waals surface area contributed by atoms with Gasteiger partial charge < -0.3 is 10.0 Å². The summed E-state index contributed by atoms with van der Waals surface area (Å²) in [6.07, 6.45) is 1.54. The summed E-state index contributed by atoms with van der Waals surface area (Å²) in [7, 11) is 3.61. The van der Waals surface area contributed by atoms with Gasteiger partial charge in [0.1, 0.15) is 0 Å². The molecule has 0 fully saturated rings. The van der Waals surface area contributed by atoms with E-state index < -0.39 is 11.9 Å². The molecule has 0 aliphatic rings. The van der Waals surface area contributed by atoms with E-state index in [1.807, 2.05) is 0 Å². The van der Waals surface area contributed by atoms with Crippen LogP contribution in [0.2, 0.25) is 0 Å². The van der Waals surface area contributed by atoms with Crippen molar-refractivity contribution >= 4 is 11.7 Å². The number of anilines is 1. The normalized spacial score (nSPS) is 12.2. The Labute approximate surface area is 93.1 Å². The van der Waals surface area contributed by atoms with Crippen LogP contribution in [0.25, 0.3) is 0 Å². The van der Waals surface area contributed by atoms with E-state index in [-0.39, 0.29) is 12.1 Å². The number of aromatic nitrogens is 2. The highest BCUT2D eigenvalue weighted by atomic mass is 16.4. The first kappa shape index (κ1) is 12.2. The lowest BCUT2D eigenvalue weighted by molar-refractivity contribution is -0.141. The Bertz CT molecular complexity index is 439. The standard InChI is InChI=1S/C10H15N3O3/c1-7(10(15)16)6-13-9(14)4-8(5-11-13)12(2)3/h4-5,7H,6H2,1-3H3,(H,15,16). The molecule has 0 amide bonds. The zero-order chi connectivity index (χ0) is 12.3. The molecule has 6 nitrogen and oxygen atoms in total. The van der Waals surface area contributed by atoms with Crippen molar-refractivity contribution in [2.24, 2.45) is 5.92 Å². The Hall–Kier alpha value is -1.85. The van der Waals surface area contributed by atoms with Crippen molar-refractivity contribution in [3.05, 3.63) is 22.6 Å². The lowest BCUT2D eigenvalue weighted by atomic mass is 10.2. The van der Waals surface area contributed by atoms with Crippen molar-refractivity contribution < 1.29 is 9.90 Å². The minimum Gasteiger partial charge on any atom is -0.481 e. The molecular formula is C10H15N3O3. The molecule has 1 rings (SSSR count). The van der Waals surface area contributed by atoms with E-state index in [0.717, 1.165) is 4.68 Å². The van der Waals surface area contributed by atoms with Gasteiger partial charge in [-0.15, -0.1) is 0 Å². The summed E-state index contributed by atoms with van der Waals surface area (Å²) in [4.78, 5) is 24.0. The Balaban J connectivity index is 2.92. The fourth-order valence-electron chi connectivity index (χ4n) is 1.14. The van der Waals surface area contributed by atoms with Gasteiger partial charge in [-0.25, -0.2) is 4.68 Å². The predicted octanol–water partition coefficient (Wildman–Crippen LogP) is 0.0300. The summed E-state index contributed by atoms with van der Waals surface area (Å²) in [6, 6.07) is 1.43. The van der Waals surface area contributed by atoms with E-state index >= 15 is 0 Å².